The van der Waals surface area contributed by atoms with Crippen LogP contribution in [0, 0.1) is 11.6 Å². The van der Waals surface area contributed by atoms with Crippen molar-refractivity contribution in [3.05, 3.63) is 72.2 Å². The first-order valence-corrected chi connectivity index (χ1v) is 7.31. The Bertz CT molecular complexity index is 829. The SMILES string of the molecule is O=C(NCCn1ccnc1-c1ccccn1)c1c(F)cccc1F. The van der Waals surface area contributed by atoms with E-state index in [0.717, 1.165) is 12.1 Å². The lowest BCUT2D eigenvalue weighted by Crippen LogP contribution is -2.29. The van der Waals surface area contributed by atoms with Gasteiger partial charge in [0.15, 0.2) is 5.82 Å². The van der Waals surface area contributed by atoms with Gasteiger partial charge in [-0.15, -0.1) is 0 Å². The summed E-state index contributed by atoms with van der Waals surface area (Å²) in [5.74, 6) is -1.90. The smallest absolute Gasteiger partial charge is 0.257 e. The fourth-order valence-corrected chi connectivity index (χ4v) is 2.31. The van der Waals surface area contributed by atoms with Crippen LogP contribution in [0.25, 0.3) is 11.5 Å². The molecule has 122 valence electrons. The maximum atomic E-state index is 13.6. The van der Waals surface area contributed by atoms with Gasteiger partial charge >= 0.3 is 0 Å². The molecule has 0 spiro atoms. The molecule has 0 aliphatic heterocycles. The van der Waals surface area contributed by atoms with Gasteiger partial charge in [-0.3, -0.25) is 9.78 Å². The van der Waals surface area contributed by atoms with Crippen LogP contribution in [0.5, 0.6) is 0 Å². The number of amides is 1. The van der Waals surface area contributed by atoms with Gasteiger partial charge in [0.1, 0.15) is 22.9 Å². The second kappa shape index (κ2) is 6.99. The molecule has 1 N–H and O–H groups in total. The summed E-state index contributed by atoms with van der Waals surface area (Å²) in [7, 11) is 0. The Kier molecular flexibility index (Phi) is 4.60. The van der Waals surface area contributed by atoms with Crippen molar-refractivity contribution in [2.75, 3.05) is 6.54 Å². The lowest BCUT2D eigenvalue weighted by Gasteiger charge is -2.09. The highest BCUT2D eigenvalue weighted by Crippen LogP contribution is 2.14. The summed E-state index contributed by atoms with van der Waals surface area (Å²) in [6.45, 7) is 0.594. The molecular formula is C17H14F2N4O. The fourth-order valence-electron chi connectivity index (χ4n) is 2.31. The molecule has 24 heavy (non-hydrogen) atoms. The van der Waals surface area contributed by atoms with E-state index in [0.29, 0.717) is 18.1 Å². The highest BCUT2D eigenvalue weighted by molar-refractivity contribution is 5.94. The Morgan fingerprint density at radius 2 is 1.83 bits per heavy atom. The maximum Gasteiger partial charge on any atom is 0.257 e. The lowest BCUT2D eigenvalue weighted by atomic mass is 10.2. The van der Waals surface area contributed by atoms with Crippen molar-refractivity contribution in [3.8, 4) is 11.5 Å². The van der Waals surface area contributed by atoms with E-state index in [-0.39, 0.29) is 6.54 Å². The largest absolute Gasteiger partial charge is 0.350 e. The Balaban J connectivity index is 1.66. The van der Waals surface area contributed by atoms with Crippen molar-refractivity contribution in [1.29, 1.82) is 0 Å². The van der Waals surface area contributed by atoms with Crippen LogP contribution in [0.15, 0.2) is 55.0 Å². The number of carbonyl (C=O) groups excluding carboxylic acids is 1. The zero-order chi connectivity index (χ0) is 16.9. The first kappa shape index (κ1) is 15.8. The summed E-state index contributed by atoms with van der Waals surface area (Å²) < 4.78 is 28.9. The van der Waals surface area contributed by atoms with Gasteiger partial charge in [-0.1, -0.05) is 12.1 Å². The number of nitrogens with one attached hydrogen (secondary N) is 1. The molecule has 3 aromatic rings. The third-order valence-corrected chi connectivity index (χ3v) is 3.44. The molecule has 0 saturated heterocycles. The number of aromatic nitrogens is 3. The van der Waals surface area contributed by atoms with E-state index in [4.69, 9.17) is 0 Å². The number of benzene rings is 1. The number of imidazole rings is 1. The van der Waals surface area contributed by atoms with E-state index in [1.54, 1.807) is 29.2 Å². The van der Waals surface area contributed by atoms with Crippen molar-refractivity contribution in [3.63, 3.8) is 0 Å². The topological polar surface area (TPSA) is 59.8 Å². The van der Waals surface area contributed by atoms with E-state index in [1.165, 1.54) is 6.07 Å². The molecule has 0 saturated carbocycles. The summed E-state index contributed by atoms with van der Waals surface area (Å²) in [6.07, 6.45) is 5.04. The van der Waals surface area contributed by atoms with Crippen LogP contribution in [0.3, 0.4) is 0 Å². The maximum absolute atomic E-state index is 13.6. The van der Waals surface area contributed by atoms with Gasteiger partial charge < -0.3 is 9.88 Å². The van der Waals surface area contributed by atoms with Crippen LogP contribution in [-0.4, -0.2) is 27.0 Å². The molecule has 2 heterocycles. The van der Waals surface area contributed by atoms with Crippen molar-refractivity contribution in [2.45, 2.75) is 6.54 Å². The van der Waals surface area contributed by atoms with E-state index in [2.05, 4.69) is 15.3 Å². The number of rotatable bonds is 5. The second-order valence-corrected chi connectivity index (χ2v) is 5.01. The van der Waals surface area contributed by atoms with Gasteiger partial charge in [0.2, 0.25) is 0 Å². The van der Waals surface area contributed by atoms with Gasteiger partial charge in [0, 0.05) is 31.7 Å². The average molecular weight is 328 g/mol. The lowest BCUT2D eigenvalue weighted by molar-refractivity contribution is 0.0944. The summed E-state index contributed by atoms with van der Waals surface area (Å²) >= 11 is 0. The number of hydrogen-bond donors (Lipinski definition) is 1. The summed E-state index contributed by atoms with van der Waals surface area (Å²) in [4.78, 5) is 20.4. The number of carbonyl (C=O) groups is 1. The average Bonchev–Trinajstić information content (AvgIpc) is 3.04. The van der Waals surface area contributed by atoms with Gasteiger partial charge in [-0.05, 0) is 24.3 Å². The first-order valence-electron chi connectivity index (χ1n) is 7.31. The molecule has 1 aromatic carbocycles. The Hall–Kier alpha value is -3.09. The van der Waals surface area contributed by atoms with Crippen LogP contribution in [0.4, 0.5) is 8.78 Å². The van der Waals surface area contributed by atoms with E-state index in [9.17, 15) is 13.6 Å². The minimum Gasteiger partial charge on any atom is -0.350 e. The zero-order valence-corrected chi connectivity index (χ0v) is 12.6. The molecule has 0 aliphatic carbocycles. The fraction of sp³-hybridized carbons (Fsp3) is 0.118. The van der Waals surface area contributed by atoms with E-state index >= 15 is 0 Å². The second-order valence-electron chi connectivity index (χ2n) is 5.01. The van der Waals surface area contributed by atoms with Crippen molar-refractivity contribution in [2.24, 2.45) is 0 Å². The molecule has 0 bridgehead atoms. The predicted molar refractivity (Wildman–Crippen MR) is 84.1 cm³/mol. The molecule has 5 nitrogen and oxygen atoms in total. The van der Waals surface area contributed by atoms with E-state index in [1.807, 2.05) is 12.1 Å². The van der Waals surface area contributed by atoms with Crippen LogP contribution in [0.1, 0.15) is 10.4 Å². The molecule has 0 atom stereocenters. The van der Waals surface area contributed by atoms with Crippen LogP contribution < -0.4 is 5.32 Å². The molecule has 3 rings (SSSR count). The van der Waals surface area contributed by atoms with Crippen molar-refractivity contribution in [1.82, 2.24) is 19.9 Å². The zero-order valence-electron chi connectivity index (χ0n) is 12.6. The van der Waals surface area contributed by atoms with E-state index < -0.39 is 23.1 Å². The minimum absolute atomic E-state index is 0.197. The molecule has 1 amide bonds. The molecule has 2 aromatic heterocycles. The van der Waals surface area contributed by atoms with Gasteiger partial charge in [-0.25, -0.2) is 13.8 Å². The Morgan fingerprint density at radius 1 is 1.04 bits per heavy atom. The molecule has 0 unspecified atom stereocenters. The number of nitrogens with zero attached hydrogens (tertiary/aromatic N) is 3. The highest BCUT2D eigenvalue weighted by Gasteiger charge is 2.16. The normalized spacial score (nSPS) is 10.6. The van der Waals surface area contributed by atoms with Crippen LogP contribution in [0.2, 0.25) is 0 Å². The Morgan fingerprint density at radius 3 is 2.54 bits per heavy atom. The Labute approximate surface area is 137 Å². The van der Waals surface area contributed by atoms with Gasteiger partial charge in [0.25, 0.3) is 5.91 Å². The standard InChI is InChI=1S/C17H14F2N4O/c18-12-4-3-5-13(19)15(12)17(24)22-9-11-23-10-8-21-16(23)14-6-1-2-7-20-14/h1-8,10H,9,11H2,(H,22,24). The predicted octanol–water partition coefficient (Wildman–Crippen LogP) is 2.65. The third kappa shape index (κ3) is 3.29. The molecular weight excluding hydrogens is 314 g/mol. The van der Waals surface area contributed by atoms with Crippen LogP contribution in [-0.2, 0) is 6.54 Å². The minimum atomic E-state index is -0.885. The third-order valence-electron chi connectivity index (χ3n) is 3.44. The monoisotopic (exact) mass is 328 g/mol. The molecule has 0 radical (unpaired) electrons. The number of pyridine rings is 1. The number of halogens is 2. The number of hydrogen-bond acceptors (Lipinski definition) is 3. The van der Waals surface area contributed by atoms with Gasteiger partial charge in [-0.2, -0.15) is 0 Å². The highest BCUT2D eigenvalue weighted by atomic mass is 19.1. The van der Waals surface area contributed by atoms with Crippen molar-refractivity contribution < 1.29 is 13.6 Å². The first-order chi connectivity index (χ1) is 11.7. The molecule has 0 fully saturated rings. The summed E-state index contributed by atoms with van der Waals surface area (Å²) in [5, 5.41) is 2.51. The summed E-state index contributed by atoms with van der Waals surface area (Å²) in [5.41, 5.74) is 0.127. The summed E-state index contributed by atoms with van der Waals surface area (Å²) in [6, 6.07) is 8.79. The quantitative estimate of drug-likeness (QED) is 0.783. The van der Waals surface area contributed by atoms with Crippen molar-refractivity contribution >= 4 is 5.91 Å². The van der Waals surface area contributed by atoms with Crippen LogP contribution >= 0.6 is 0 Å². The van der Waals surface area contributed by atoms with Gasteiger partial charge in [0.05, 0.1) is 0 Å². The molecule has 7 heteroatoms. The molecule has 0 aliphatic rings.